The van der Waals surface area contributed by atoms with Gasteiger partial charge in [0.05, 0.1) is 0 Å². The summed E-state index contributed by atoms with van der Waals surface area (Å²) in [4.78, 5) is 6.81. The highest BCUT2D eigenvalue weighted by atomic mass is 15.2. The lowest BCUT2D eigenvalue weighted by Crippen LogP contribution is -2.21. The largest absolute Gasteiger partial charge is 0.360 e. The number of pyridine rings is 1. The summed E-state index contributed by atoms with van der Waals surface area (Å²) in [6.07, 6.45) is 1.15. The lowest BCUT2D eigenvalue weighted by molar-refractivity contribution is 0.552. The van der Waals surface area contributed by atoms with Crippen molar-refractivity contribution < 1.29 is 0 Å². The number of nitrogens with zero attached hydrogens (tertiary/aromatic N) is 2. The average molecular weight is 249 g/mol. The van der Waals surface area contributed by atoms with Crippen LogP contribution in [0.3, 0.4) is 0 Å². The normalized spacial score (nSPS) is 11.0. The maximum atomic E-state index is 4.59. The molecule has 1 aromatic heterocycles. The third kappa shape index (κ3) is 5.05. The highest BCUT2D eigenvalue weighted by Gasteiger charge is 2.04. The molecule has 0 atom stereocenters. The Labute approximate surface area is 112 Å². The molecule has 18 heavy (non-hydrogen) atoms. The van der Waals surface area contributed by atoms with Crippen molar-refractivity contribution in [3.05, 3.63) is 23.4 Å². The van der Waals surface area contributed by atoms with E-state index in [1.165, 1.54) is 5.56 Å². The van der Waals surface area contributed by atoms with Gasteiger partial charge in [-0.1, -0.05) is 20.8 Å². The first-order valence-corrected chi connectivity index (χ1v) is 6.92. The smallest absolute Gasteiger partial charge is 0.128 e. The number of aromatic nitrogens is 1. The van der Waals surface area contributed by atoms with E-state index in [0.717, 1.165) is 37.6 Å². The Morgan fingerprint density at radius 1 is 1.33 bits per heavy atom. The Morgan fingerprint density at radius 3 is 2.67 bits per heavy atom. The molecule has 0 spiro atoms. The molecule has 0 aliphatic rings. The molecule has 0 aromatic carbocycles. The minimum atomic E-state index is 0.690. The predicted molar refractivity (Wildman–Crippen MR) is 79.1 cm³/mol. The highest BCUT2D eigenvalue weighted by molar-refractivity contribution is 5.41. The summed E-state index contributed by atoms with van der Waals surface area (Å²) in [6, 6.07) is 4.35. The van der Waals surface area contributed by atoms with Gasteiger partial charge in [0.25, 0.3) is 0 Å². The lowest BCUT2D eigenvalue weighted by Gasteiger charge is -2.19. The van der Waals surface area contributed by atoms with Crippen molar-refractivity contribution in [1.82, 2.24) is 10.3 Å². The van der Waals surface area contributed by atoms with E-state index >= 15 is 0 Å². The van der Waals surface area contributed by atoms with Gasteiger partial charge >= 0.3 is 0 Å². The Kier molecular flexibility index (Phi) is 6.13. The first-order valence-electron chi connectivity index (χ1n) is 6.92. The minimum Gasteiger partial charge on any atom is -0.360 e. The van der Waals surface area contributed by atoms with Crippen molar-refractivity contribution in [1.29, 1.82) is 0 Å². The Balaban J connectivity index is 2.68. The Bertz CT molecular complexity index is 361. The topological polar surface area (TPSA) is 28.2 Å². The number of hydrogen-bond donors (Lipinski definition) is 1. The number of nitrogens with one attached hydrogen (secondary N) is 1. The second-order valence-electron chi connectivity index (χ2n) is 5.42. The molecule has 1 rings (SSSR count). The van der Waals surface area contributed by atoms with Crippen LogP contribution in [0.5, 0.6) is 0 Å². The third-order valence-electron chi connectivity index (χ3n) is 2.83. The van der Waals surface area contributed by atoms with Gasteiger partial charge in [0.15, 0.2) is 0 Å². The van der Waals surface area contributed by atoms with Crippen molar-refractivity contribution in [3.8, 4) is 0 Å². The maximum Gasteiger partial charge on any atom is 0.128 e. The monoisotopic (exact) mass is 249 g/mol. The van der Waals surface area contributed by atoms with Crippen LogP contribution in [0.1, 0.15) is 38.4 Å². The molecule has 0 bridgehead atoms. The standard InChI is InChI=1S/C15H27N3/c1-6-7-18(5)15-9-14(8-13(4)17-15)11-16-10-12(2)3/h8-9,12,16H,6-7,10-11H2,1-5H3. The van der Waals surface area contributed by atoms with E-state index in [4.69, 9.17) is 0 Å². The SMILES string of the molecule is CCCN(C)c1cc(CNCC(C)C)cc(C)n1. The van der Waals surface area contributed by atoms with E-state index < -0.39 is 0 Å². The molecule has 1 aromatic rings. The average Bonchev–Trinajstić information content (AvgIpc) is 2.28. The Hall–Kier alpha value is -1.09. The van der Waals surface area contributed by atoms with Crippen molar-refractivity contribution in [2.24, 2.45) is 5.92 Å². The predicted octanol–water partition coefficient (Wildman–Crippen LogP) is 2.98. The van der Waals surface area contributed by atoms with E-state index in [0.29, 0.717) is 5.92 Å². The fourth-order valence-corrected chi connectivity index (χ4v) is 1.97. The molecule has 0 aliphatic carbocycles. The number of rotatable bonds is 7. The van der Waals surface area contributed by atoms with Crippen molar-refractivity contribution >= 4 is 5.82 Å². The molecule has 0 aliphatic heterocycles. The molecular formula is C15H27N3. The van der Waals surface area contributed by atoms with Gasteiger partial charge in [0.2, 0.25) is 0 Å². The molecule has 0 radical (unpaired) electrons. The summed E-state index contributed by atoms with van der Waals surface area (Å²) in [5.41, 5.74) is 2.41. The molecule has 3 nitrogen and oxygen atoms in total. The van der Waals surface area contributed by atoms with Crippen LogP contribution in [-0.2, 0) is 6.54 Å². The van der Waals surface area contributed by atoms with Gasteiger partial charge in [-0.05, 0) is 43.5 Å². The zero-order valence-electron chi connectivity index (χ0n) is 12.5. The fourth-order valence-electron chi connectivity index (χ4n) is 1.97. The second kappa shape index (κ2) is 7.37. The van der Waals surface area contributed by atoms with Crippen molar-refractivity contribution in [2.75, 3.05) is 25.0 Å². The molecular weight excluding hydrogens is 222 g/mol. The van der Waals surface area contributed by atoms with Gasteiger partial charge in [-0.15, -0.1) is 0 Å². The van der Waals surface area contributed by atoms with E-state index in [1.807, 2.05) is 0 Å². The van der Waals surface area contributed by atoms with Gasteiger partial charge in [-0.3, -0.25) is 0 Å². The molecule has 0 fully saturated rings. The lowest BCUT2D eigenvalue weighted by atomic mass is 10.2. The summed E-state index contributed by atoms with van der Waals surface area (Å²) < 4.78 is 0. The second-order valence-corrected chi connectivity index (χ2v) is 5.42. The minimum absolute atomic E-state index is 0.690. The van der Waals surface area contributed by atoms with Gasteiger partial charge in [0, 0.05) is 25.8 Å². The quantitative estimate of drug-likeness (QED) is 0.805. The van der Waals surface area contributed by atoms with E-state index in [-0.39, 0.29) is 0 Å². The van der Waals surface area contributed by atoms with Gasteiger partial charge < -0.3 is 10.2 Å². The number of aryl methyl sites for hydroxylation is 1. The summed E-state index contributed by atoms with van der Waals surface area (Å²) in [5, 5.41) is 3.48. The number of hydrogen-bond acceptors (Lipinski definition) is 3. The number of anilines is 1. The van der Waals surface area contributed by atoms with E-state index in [9.17, 15) is 0 Å². The summed E-state index contributed by atoms with van der Waals surface area (Å²) in [6.45, 7) is 11.7. The van der Waals surface area contributed by atoms with Crippen LogP contribution in [0.4, 0.5) is 5.82 Å². The van der Waals surface area contributed by atoms with E-state index in [2.05, 4.69) is 62.1 Å². The zero-order chi connectivity index (χ0) is 13.5. The summed E-state index contributed by atoms with van der Waals surface area (Å²) in [7, 11) is 2.11. The van der Waals surface area contributed by atoms with E-state index in [1.54, 1.807) is 0 Å². The van der Waals surface area contributed by atoms with Crippen LogP contribution in [0.25, 0.3) is 0 Å². The van der Waals surface area contributed by atoms with Crippen LogP contribution < -0.4 is 10.2 Å². The van der Waals surface area contributed by atoms with Gasteiger partial charge in [0.1, 0.15) is 5.82 Å². The van der Waals surface area contributed by atoms with Crippen LogP contribution in [0.2, 0.25) is 0 Å². The van der Waals surface area contributed by atoms with Crippen LogP contribution in [-0.4, -0.2) is 25.1 Å². The zero-order valence-corrected chi connectivity index (χ0v) is 12.5. The van der Waals surface area contributed by atoms with Crippen molar-refractivity contribution in [3.63, 3.8) is 0 Å². The molecule has 1 heterocycles. The maximum absolute atomic E-state index is 4.59. The molecule has 102 valence electrons. The molecule has 0 unspecified atom stereocenters. The van der Waals surface area contributed by atoms with Crippen LogP contribution in [0.15, 0.2) is 12.1 Å². The van der Waals surface area contributed by atoms with Crippen LogP contribution in [0, 0.1) is 12.8 Å². The third-order valence-corrected chi connectivity index (χ3v) is 2.83. The Morgan fingerprint density at radius 2 is 2.06 bits per heavy atom. The molecule has 0 saturated heterocycles. The van der Waals surface area contributed by atoms with Crippen LogP contribution >= 0.6 is 0 Å². The molecule has 3 heteroatoms. The summed E-state index contributed by atoms with van der Waals surface area (Å²) >= 11 is 0. The fraction of sp³-hybridized carbons (Fsp3) is 0.667. The van der Waals surface area contributed by atoms with Gasteiger partial charge in [-0.2, -0.15) is 0 Å². The van der Waals surface area contributed by atoms with Gasteiger partial charge in [-0.25, -0.2) is 4.98 Å². The first kappa shape index (κ1) is 15.0. The molecule has 0 saturated carbocycles. The molecule has 0 amide bonds. The first-order chi connectivity index (χ1) is 8.52. The highest BCUT2D eigenvalue weighted by Crippen LogP contribution is 2.14. The molecule has 1 N–H and O–H groups in total. The van der Waals surface area contributed by atoms with Crippen molar-refractivity contribution in [2.45, 2.75) is 40.7 Å². The summed E-state index contributed by atoms with van der Waals surface area (Å²) in [5.74, 6) is 1.77.